The van der Waals surface area contributed by atoms with E-state index in [1.165, 1.54) is 0 Å². The minimum atomic E-state index is 0.109. The van der Waals surface area contributed by atoms with Gasteiger partial charge in [-0.3, -0.25) is 0 Å². The van der Waals surface area contributed by atoms with Crippen molar-refractivity contribution in [3.63, 3.8) is 0 Å². The van der Waals surface area contributed by atoms with Crippen molar-refractivity contribution in [1.82, 2.24) is 0 Å². The highest BCUT2D eigenvalue weighted by molar-refractivity contribution is 7.80. The Hall–Kier alpha value is -0.380. The third kappa shape index (κ3) is 1.18. The molecule has 62 valence electrons. The topological polar surface area (TPSA) is 20.2 Å². The van der Waals surface area contributed by atoms with E-state index in [0.717, 1.165) is 15.0 Å². The third-order valence-electron chi connectivity index (χ3n) is 1.62. The number of aromatic hydroxyl groups is 1. The lowest BCUT2D eigenvalue weighted by Crippen LogP contribution is -1.68. The van der Waals surface area contributed by atoms with E-state index in [1.807, 2.05) is 5.38 Å². The number of thiol groups is 1. The molecule has 0 aliphatic rings. The van der Waals surface area contributed by atoms with Crippen molar-refractivity contribution >= 4 is 45.7 Å². The predicted octanol–water partition coefficient (Wildman–Crippen LogP) is 3.55. The first-order valence-corrected chi connectivity index (χ1v) is 4.97. The molecule has 12 heavy (non-hydrogen) atoms. The quantitative estimate of drug-likeness (QED) is 0.646. The van der Waals surface area contributed by atoms with E-state index in [1.54, 1.807) is 23.5 Å². The maximum atomic E-state index is 9.30. The first-order valence-electron chi connectivity index (χ1n) is 3.27. The maximum absolute atomic E-state index is 9.30. The summed E-state index contributed by atoms with van der Waals surface area (Å²) in [4.78, 5) is 0.877. The van der Waals surface area contributed by atoms with Crippen LogP contribution in [0.3, 0.4) is 0 Å². The number of hydrogen-bond donors (Lipinski definition) is 2. The fourth-order valence-electron chi connectivity index (χ4n) is 1.02. The van der Waals surface area contributed by atoms with E-state index < -0.39 is 0 Å². The number of halogens is 1. The van der Waals surface area contributed by atoms with Crippen molar-refractivity contribution in [1.29, 1.82) is 0 Å². The molecule has 2 rings (SSSR count). The van der Waals surface area contributed by atoms with Crippen molar-refractivity contribution in [2.24, 2.45) is 0 Å². The van der Waals surface area contributed by atoms with Gasteiger partial charge in [-0.25, -0.2) is 0 Å². The Morgan fingerprint density at radius 2 is 2.17 bits per heavy atom. The lowest BCUT2D eigenvalue weighted by molar-refractivity contribution is 0.476. The Labute approximate surface area is 84.0 Å². The summed E-state index contributed by atoms with van der Waals surface area (Å²) in [5.41, 5.74) is 0. The molecule has 1 nitrogen and oxygen atoms in total. The molecule has 1 heterocycles. The van der Waals surface area contributed by atoms with Crippen LogP contribution in [0.2, 0.25) is 5.02 Å². The molecule has 0 atom stereocenters. The lowest BCUT2D eigenvalue weighted by atomic mass is 10.2. The monoisotopic (exact) mass is 216 g/mol. The van der Waals surface area contributed by atoms with Gasteiger partial charge in [0.15, 0.2) is 0 Å². The molecule has 1 aromatic carbocycles. The summed E-state index contributed by atoms with van der Waals surface area (Å²) in [6.45, 7) is 0. The molecule has 0 radical (unpaired) electrons. The average Bonchev–Trinajstić information content (AvgIpc) is 2.35. The smallest absolute Gasteiger partial charge is 0.134 e. The van der Waals surface area contributed by atoms with E-state index in [-0.39, 0.29) is 5.75 Å². The summed E-state index contributed by atoms with van der Waals surface area (Å²) in [6, 6.07) is 3.38. The van der Waals surface area contributed by atoms with Gasteiger partial charge in [-0.2, -0.15) is 0 Å². The van der Waals surface area contributed by atoms with Gasteiger partial charge in [-0.05, 0) is 12.1 Å². The molecule has 0 bridgehead atoms. The van der Waals surface area contributed by atoms with Crippen molar-refractivity contribution in [3.05, 3.63) is 22.5 Å². The molecule has 0 unspecified atom stereocenters. The predicted molar refractivity (Wildman–Crippen MR) is 55.8 cm³/mol. The Balaban J connectivity index is 2.87. The van der Waals surface area contributed by atoms with Crippen LogP contribution in [0.4, 0.5) is 0 Å². The lowest BCUT2D eigenvalue weighted by Gasteiger charge is -1.96. The van der Waals surface area contributed by atoms with Gasteiger partial charge in [-0.1, -0.05) is 11.6 Å². The van der Waals surface area contributed by atoms with Gasteiger partial charge < -0.3 is 5.11 Å². The SMILES string of the molecule is Oc1cc2c(S)csc2cc1Cl. The van der Waals surface area contributed by atoms with Gasteiger partial charge in [-0.15, -0.1) is 24.0 Å². The second kappa shape index (κ2) is 2.83. The molecular weight excluding hydrogens is 212 g/mol. The van der Waals surface area contributed by atoms with E-state index in [4.69, 9.17) is 11.6 Å². The second-order valence-corrected chi connectivity index (χ2v) is 4.22. The molecule has 0 spiro atoms. The zero-order chi connectivity index (χ0) is 8.72. The second-order valence-electron chi connectivity index (χ2n) is 2.42. The minimum Gasteiger partial charge on any atom is -0.506 e. The summed E-state index contributed by atoms with van der Waals surface area (Å²) in [6.07, 6.45) is 0. The van der Waals surface area contributed by atoms with Gasteiger partial charge in [0.05, 0.1) is 5.02 Å². The molecule has 1 aromatic heterocycles. The molecular formula is C8H5ClOS2. The van der Waals surface area contributed by atoms with Gasteiger partial charge in [0.2, 0.25) is 0 Å². The van der Waals surface area contributed by atoms with Crippen molar-refractivity contribution < 1.29 is 5.11 Å². The Morgan fingerprint density at radius 1 is 1.42 bits per heavy atom. The molecule has 2 aromatic rings. The first kappa shape index (κ1) is 8.23. The van der Waals surface area contributed by atoms with Gasteiger partial charge in [0.25, 0.3) is 0 Å². The van der Waals surface area contributed by atoms with Gasteiger partial charge in [0.1, 0.15) is 5.75 Å². The highest BCUT2D eigenvalue weighted by Gasteiger charge is 2.05. The van der Waals surface area contributed by atoms with E-state index in [9.17, 15) is 5.11 Å². The number of hydrogen-bond acceptors (Lipinski definition) is 3. The highest BCUT2D eigenvalue weighted by Crippen LogP contribution is 2.35. The van der Waals surface area contributed by atoms with Crippen molar-refractivity contribution in [3.8, 4) is 5.75 Å². The van der Waals surface area contributed by atoms with Gasteiger partial charge >= 0.3 is 0 Å². The molecule has 1 N–H and O–H groups in total. The number of phenols is 1. The Kier molecular flexibility index (Phi) is 1.94. The fraction of sp³-hybridized carbons (Fsp3) is 0. The summed E-state index contributed by atoms with van der Waals surface area (Å²) in [5, 5.41) is 12.6. The van der Waals surface area contributed by atoms with Crippen molar-refractivity contribution in [2.75, 3.05) is 0 Å². The van der Waals surface area contributed by atoms with Crippen LogP contribution in [0.15, 0.2) is 22.4 Å². The normalized spacial score (nSPS) is 10.8. The van der Waals surface area contributed by atoms with Crippen LogP contribution < -0.4 is 0 Å². The van der Waals surface area contributed by atoms with Crippen LogP contribution in [0, 0.1) is 0 Å². The van der Waals surface area contributed by atoms with Crippen LogP contribution in [-0.2, 0) is 0 Å². The number of benzene rings is 1. The van der Waals surface area contributed by atoms with E-state index >= 15 is 0 Å². The number of thiophene rings is 1. The molecule has 0 aliphatic heterocycles. The molecule has 4 heteroatoms. The number of rotatable bonds is 0. The minimum absolute atomic E-state index is 0.109. The fourth-order valence-corrected chi connectivity index (χ4v) is 2.52. The summed E-state index contributed by atoms with van der Waals surface area (Å²) in [7, 11) is 0. The Morgan fingerprint density at radius 3 is 2.92 bits per heavy atom. The largest absolute Gasteiger partial charge is 0.506 e. The van der Waals surface area contributed by atoms with Crippen LogP contribution in [0.5, 0.6) is 5.75 Å². The zero-order valence-electron chi connectivity index (χ0n) is 5.91. The molecule has 0 amide bonds. The highest BCUT2D eigenvalue weighted by atomic mass is 35.5. The standard InChI is InChI=1S/C8H5ClOS2/c9-5-2-8-4(1-6(5)10)7(11)3-12-8/h1-3,10-11H. The summed E-state index contributed by atoms with van der Waals surface area (Å²) >= 11 is 11.5. The molecule has 0 fully saturated rings. The zero-order valence-corrected chi connectivity index (χ0v) is 8.38. The number of fused-ring (bicyclic) bond motifs is 1. The van der Waals surface area contributed by atoms with Crippen LogP contribution in [-0.4, -0.2) is 5.11 Å². The Bertz CT molecular complexity index is 436. The molecule has 0 saturated carbocycles. The van der Waals surface area contributed by atoms with Crippen molar-refractivity contribution in [2.45, 2.75) is 4.90 Å². The van der Waals surface area contributed by atoms with Gasteiger partial charge in [0, 0.05) is 20.4 Å². The average molecular weight is 217 g/mol. The van der Waals surface area contributed by atoms with Crippen LogP contribution in [0.1, 0.15) is 0 Å². The molecule has 0 saturated heterocycles. The van der Waals surface area contributed by atoms with Crippen LogP contribution in [0.25, 0.3) is 10.1 Å². The van der Waals surface area contributed by atoms with Crippen LogP contribution >= 0.6 is 35.6 Å². The van der Waals surface area contributed by atoms with E-state index in [0.29, 0.717) is 5.02 Å². The third-order valence-corrected chi connectivity index (χ3v) is 3.42. The number of phenolic OH excluding ortho intramolecular Hbond substituents is 1. The molecule has 0 aliphatic carbocycles. The maximum Gasteiger partial charge on any atom is 0.134 e. The summed E-state index contributed by atoms with van der Waals surface area (Å²) < 4.78 is 1.04. The van der Waals surface area contributed by atoms with E-state index in [2.05, 4.69) is 12.6 Å². The first-order chi connectivity index (χ1) is 5.68. The summed E-state index contributed by atoms with van der Waals surface area (Å²) in [5.74, 6) is 0.109.